The highest BCUT2D eigenvalue weighted by atomic mass is 16.2. The van der Waals surface area contributed by atoms with Crippen LogP contribution in [-0.4, -0.2) is 33.0 Å². The van der Waals surface area contributed by atoms with Crippen LogP contribution >= 0.6 is 0 Å². The molecule has 1 aromatic heterocycles. The van der Waals surface area contributed by atoms with Gasteiger partial charge in [-0.05, 0) is 12.3 Å². The van der Waals surface area contributed by atoms with Crippen molar-refractivity contribution < 1.29 is 9.59 Å². The Morgan fingerprint density at radius 3 is 2.61 bits per heavy atom. The summed E-state index contributed by atoms with van der Waals surface area (Å²) in [5.41, 5.74) is 5.21. The number of nitrogens with zero attached hydrogens (tertiary/aromatic N) is 2. The zero-order chi connectivity index (χ0) is 13.7. The van der Waals surface area contributed by atoms with E-state index in [0.29, 0.717) is 5.82 Å². The van der Waals surface area contributed by atoms with Crippen LogP contribution in [0.25, 0.3) is 0 Å². The average molecular weight is 253 g/mol. The van der Waals surface area contributed by atoms with Gasteiger partial charge < -0.3 is 11.1 Å². The second kappa shape index (κ2) is 6.13. The topological polar surface area (TPSA) is 114 Å². The number of primary amides is 1. The molecule has 0 aliphatic rings. The van der Waals surface area contributed by atoms with E-state index in [1.807, 2.05) is 6.92 Å². The summed E-state index contributed by atoms with van der Waals surface area (Å²) in [7, 11) is 0. The minimum atomic E-state index is -0.717. The minimum Gasteiger partial charge on any atom is -0.368 e. The van der Waals surface area contributed by atoms with Crippen molar-refractivity contribution in [3.05, 3.63) is 11.6 Å². The maximum absolute atomic E-state index is 11.8. The molecule has 0 saturated heterocycles. The van der Waals surface area contributed by atoms with Crippen LogP contribution in [0.4, 0.5) is 0 Å². The lowest BCUT2D eigenvalue weighted by Crippen LogP contribution is -2.47. The molecule has 1 unspecified atom stereocenters. The molecular weight excluding hydrogens is 234 g/mol. The SMILES string of the molecule is CCCc1nc(C(=O)NC(C(N)=O)C(C)C)n[nH]1. The van der Waals surface area contributed by atoms with Gasteiger partial charge in [-0.1, -0.05) is 20.8 Å². The van der Waals surface area contributed by atoms with Crippen LogP contribution in [0.5, 0.6) is 0 Å². The van der Waals surface area contributed by atoms with Crippen LogP contribution < -0.4 is 11.1 Å². The first-order chi connectivity index (χ1) is 8.45. The Morgan fingerprint density at radius 2 is 2.11 bits per heavy atom. The number of nitrogens with one attached hydrogen (secondary N) is 2. The van der Waals surface area contributed by atoms with E-state index >= 15 is 0 Å². The van der Waals surface area contributed by atoms with E-state index in [1.54, 1.807) is 13.8 Å². The summed E-state index contributed by atoms with van der Waals surface area (Å²) in [6.07, 6.45) is 1.63. The van der Waals surface area contributed by atoms with Gasteiger partial charge >= 0.3 is 0 Å². The van der Waals surface area contributed by atoms with E-state index in [9.17, 15) is 9.59 Å². The Bertz CT molecular complexity index is 427. The van der Waals surface area contributed by atoms with Crippen LogP contribution in [-0.2, 0) is 11.2 Å². The summed E-state index contributed by atoms with van der Waals surface area (Å²) in [6, 6.07) is -0.717. The Labute approximate surface area is 106 Å². The first-order valence-corrected chi connectivity index (χ1v) is 5.97. The van der Waals surface area contributed by atoms with Gasteiger partial charge in [0.25, 0.3) is 5.91 Å². The number of aromatic amines is 1. The lowest BCUT2D eigenvalue weighted by molar-refractivity contribution is -0.120. The van der Waals surface area contributed by atoms with Gasteiger partial charge in [-0.25, -0.2) is 4.98 Å². The van der Waals surface area contributed by atoms with E-state index in [4.69, 9.17) is 5.73 Å². The molecule has 7 nitrogen and oxygen atoms in total. The van der Waals surface area contributed by atoms with Gasteiger partial charge in [0.15, 0.2) is 0 Å². The monoisotopic (exact) mass is 253 g/mol. The summed E-state index contributed by atoms with van der Waals surface area (Å²) >= 11 is 0. The van der Waals surface area contributed by atoms with Crippen LogP contribution in [0.2, 0.25) is 0 Å². The van der Waals surface area contributed by atoms with Crippen LogP contribution in [0.1, 0.15) is 43.6 Å². The van der Waals surface area contributed by atoms with Crippen LogP contribution in [0.15, 0.2) is 0 Å². The van der Waals surface area contributed by atoms with Crippen molar-refractivity contribution in [2.45, 2.75) is 39.7 Å². The molecular formula is C11H19N5O2. The summed E-state index contributed by atoms with van der Waals surface area (Å²) in [5, 5.41) is 9.02. The molecule has 2 amide bonds. The molecule has 0 aliphatic carbocycles. The lowest BCUT2D eigenvalue weighted by atomic mass is 10.0. The van der Waals surface area contributed by atoms with Gasteiger partial charge in [0.05, 0.1) is 0 Å². The molecule has 0 bridgehead atoms. The standard InChI is InChI=1S/C11H19N5O2/c1-4-5-7-13-10(16-15-7)11(18)14-8(6(2)3)9(12)17/h6,8H,4-5H2,1-3H3,(H2,12,17)(H,14,18)(H,13,15,16). The number of carbonyl (C=O) groups is 2. The number of rotatable bonds is 6. The number of aromatic nitrogens is 3. The van der Waals surface area contributed by atoms with Crippen molar-refractivity contribution in [1.82, 2.24) is 20.5 Å². The first-order valence-electron chi connectivity index (χ1n) is 5.97. The molecule has 1 rings (SSSR count). The molecule has 100 valence electrons. The highest BCUT2D eigenvalue weighted by molar-refractivity contribution is 5.94. The van der Waals surface area contributed by atoms with Crippen LogP contribution in [0.3, 0.4) is 0 Å². The van der Waals surface area contributed by atoms with Crippen molar-refractivity contribution >= 4 is 11.8 Å². The second-order valence-electron chi connectivity index (χ2n) is 4.45. The number of carbonyl (C=O) groups excluding carboxylic acids is 2. The third-order valence-corrected chi connectivity index (χ3v) is 2.48. The van der Waals surface area contributed by atoms with E-state index in [1.165, 1.54) is 0 Å². The summed E-state index contributed by atoms with van der Waals surface area (Å²) < 4.78 is 0. The van der Waals surface area contributed by atoms with Crippen LogP contribution in [0, 0.1) is 5.92 Å². The quantitative estimate of drug-likeness (QED) is 0.661. The van der Waals surface area contributed by atoms with Crippen molar-refractivity contribution in [2.24, 2.45) is 11.7 Å². The van der Waals surface area contributed by atoms with Crippen molar-refractivity contribution in [3.8, 4) is 0 Å². The largest absolute Gasteiger partial charge is 0.368 e. The van der Waals surface area contributed by atoms with E-state index in [0.717, 1.165) is 12.8 Å². The normalized spacial score (nSPS) is 12.4. The number of amides is 2. The highest BCUT2D eigenvalue weighted by Crippen LogP contribution is 2.03. The maximum atomic E-state index is 11.8. The number of hydrogen-bond donors (Lipinski definition) is 3. The van der Waals surface area contributed by atoms with Gasteiger partial charge in [0, 0.05) is 6.42 Å². The molecule has 4 N–H and O–H groups in total. The molecule has 0 spiro atoms. The fraction of sp³-hybridized carbons (Fsp3) is 0.636. The Balaban J connectivity index is 2.71. The molecule has 0 saturated carbocycles. The lowest BCUT2D eigenvalue weighted by Gasteiger charge is -2.17. The Kier molecular flexibility index (Phi) is 4.82. The molecule has 18 heavy (non-hydrogen) atoms. The van der Waals surface area contributed by atoms with Gasteiger partial charge in [-0.3, -0.25) is 14.7 Å². The third kappa shape index (κ3) is 3.54. The number of H-pyrrole nitrogens is 1. The van der Waals surface area contributed by atoms with Gasteiger partial charge in [0.2, 0.25) is 11.7 Å². The predicted octanol–water partition coefficient (Wildman–Crippen LogP) is -0.00310. The molecule has 1 heterocycles. The molecule has 0 fully saturated rings. The summed E-state index contributed by atoms with van der Waals surface area (Å²) in [5.74, 6) is -0.456. The smallest absolute Gasteiger partial charge is 0.291 e. The fourth-order valence-electron chi connectivity index (χ4n) is 1.52. The summed E-state index contributed by atoms with van der Waals surface area (Å²) in [6.45, 7) is 5.61. The fourth-order valence-corrected chi connectivity index (χ4v) is 1.52. The van der Waals surface area contributed by atoms with Crippen molar-refractivity contribution in [1.29, 1.82) is 0 Å². The highest BCUT2D eigenvalue weighted by Gasteiger charge is 2.24. The van der Waals surface area contributed by atoms with E-state index < -0.39 is 17.9 Å². The van der Waals surface area contributed by atoms with Gasteiger partial charge in [-0.15, -0.1) is 5.10 Å². The molecule has 1 atom stereocenters. The Morgan fingerprint density at radius 1 is 1.44 bits per heavy atom. The molecule has 1 aromatic rings. The Hall–Kier alpha value is -1.92. The van der Waals surface area contributed by atoms with Crippen molar-refractivity contribution in [2.75, 3.05) is 0 Å². The number of aryl methyl sites for hydroxylation is 1. The zero-order valence-electron chi connectivity index (χ0n) is 10.9. The van der Waals surface area contributed by atoms with Crippen molar-refractivity contribution in [3.63, 3.8) is 0 Å². The third-order valence-electron chi connectivity index (χ3n) is 2.48. The van der Waals surface area contributed by atoms with E-state index in [-0.39, 0.29) is 11.7 Å². The first kappa shape index (κ1) is 14.1. The predicted molar refractivity (Wildman–Crippen MR) is 65.7 cm³/mol. The van der Waals surface area contributed by atoms with Gasteiger partial charge in [0.1, 0.15) is 11.9 Å². The number of nitrogens with two attached hydrogens (primary N) is 1. The van der Waals surface area contributed by atoms with E-state index in [2.05, 4.69) is 20.5 Å². The average Bonchev–Trinajstić information content (AvgIpc) is 2.73. The molecule has 7 heteroatoms. The zero-order valence-corrected chi connectivity index (χ0v) is 10.9. The summed E-state index contributed by atoms with van der Waals surface area (Å²) in [4.78, 5) is 27.0. The molecule has 0 aromatic carbocycles. The molecule has 0 radical (unpaired) electrons. The number of hydrogen-bond acceptors (Lipinski definition) is 4. The second-order valence-corrected chi connectivity index (χ2v) is 4.45. The minimum absolute atomic E-state index is 0.0327. The van der Waals surface area contributed by atoms with Gasteiger partial charge in [-0.2, -0.15) is 0 Å². The maximum Gasteiger partial charge on any atom is 0.291 e. The molecule has 0 aliphatic heterocycles.